The first kappa shape index (κ1) is 13.2. The Morgan fingerprint density at radius 3 is 2.60 bits per heavy atom. The van der Waals surface area contributed by atoms with E-state index in [2.05, 4.69) is 23.1 Å². The van der Waals surface area contributed by atoms with E-state index in [-0.39, 0.29) is 0 Å². The van der Waals surface area contributed by atoms with Crippen LogP contribution in [0.2, 0.25) is 0 Å². The molecule has 1 aromatic carbocycles. The maximum Gasteiger partial charge on any atom is 0.407 e. The Bertz CT molecular complexity index is 510. The summed E-state index contributed by atoms with van der Waals surface area (Å²) in [5.41, 5.74) is 3.47. The summed E-state index contributed by atoms with van der Waals surface area (Å²) >= 11 is 0. The van der Waals surface area contributed by atoms with Gasteiger partial charge in [0.05, 0.1) is 6.10 Å². The van der Waals surface area contributed by atoms with Gasteiger partial charge in [0.2, 0.25) is 0 Å². The average molecular weight is 276 g/mol. The van der Waals surface area contributed by atoms with Crippen LogP contribution >= 0.6 is 0 Å². The molecule has 1 aromatic rings. The molecule has 108 valence electrons. The lowest BCUT2D eigenvalue weighted by atomic mass is 10.0. The Kier molecular flexibility index (Phi) is 3.53. The van der Waals surface area contributed by atoms with Crippen LogP contribution in [-0.4, -0.2) is 42.4 Å². The van der Waals surface area contributed by atoms with E-state index >= 15 is 0 Å². The van der Waals surface area contributed by atoms with Crippen LogP contribution in [0.4, 0.5) is 10.5 Å². The number of anilines is 1. The number of carboxylic acid groups (broad SMARTS) is 1. The van der Waals surface area contributed by atoms with Crippen molar-refractivity contribution >= 4 is 11.8 Å². The fourth-order valence-corrected chi connectivity index (χ4v) is 3.06. The van der Waals surface area contributed by atoms with Crippen LogP contribution < -0.4 is 4.90 Å². The van der Waals surface area contributed by atoms with Gasteiger partial charge in [-0.3, -0.25) is 4.90 Å². The highest BCUT2D eigenvalue weighted by molar-refractivity contribution is 5.67. The minimum atomic E-state index is -0.844. The van der Waals surface area contributed by atoms with E-state index in [1.807, 2.05) is 0 Å². The van der Waals surface area contributed by atoms with Gasteiger partial charge in [0.15, 0.2) is 0 Å². The quantitative estimate of drug-likeness (QED) is 0.900. The molecule has 0 aromatic heterocycles. The summed E-state index contributed by atoms with van der Waals surface area (Å²) in [6.07, 6.45) is 1.63. The molecule has 3 rings (SSSR count). The van der Waals surface area contributed by atoms with E-state index in [1.165, 1.54) is 10.6 Å². The zero-order chi connectivity index (χ0) is 14.1. The molecule has 0 atom stereocenters. The number of methoxy groups -OCH3 is 1. The monoisotopic (exact) mass is 276 g/mol. The molecule has 1 saturated heterocycles. The smallest absolute Gasteiger partial charge is 0.407 e. The summed E-state index contributed by atoms with van der Waals surface area (Å²) in [5, 5.41) is 9.06. The van der Waals surface area contributed by atoms with Crippen LogP contribution in [0.15, 0.2) is 18.2 Å². The molecule has 0 unspecified atom stereocenters. The Morgan fingerprint density at radius 2 is 1.95 bits per heavy atom. The predicted octanol–water partition coefficient (Wildman–Crippen LogP) is 2.30. The lowest BCUT2D eigenvalue weighted by Crippen LogP contribution is -2.36. The van der Waals surface area contributed by atoms with Gasteiger partial charge in [0.25, 0.3) is 0 Å². The van der Waals surface area contributed by atoms with Gasteiger partial charge < -0.3 is 14.7 Å². The Labute approximate surface area is 118 Å². The number of hydrogen-bond donors (Lipinski definition) is 1. The molecule has 0 aliphatic carbocycles. The number of benzene rings is 1. The molecule has 5 heteroatoms. The fraction of sp³-hybridized carbons (Fsp3) is 0.533. The maximum atomic E-state index is 11.0. The number of carbonyl (C=O) groups is 1. The Hall–Kier alpha value is -1.75. The molecule has 0 saturated carbocycles. The summed E-state index contributed by atoms with van der Waals surface area (Å²) in [4.78, 5) is 14.8. The largest absolute Gasteiger partial charge is 0.465 e. The van der Waals surface area contributed by atoms with Crippen LogP contribution in [0, 0.1) is 0 Å². The van der Waals surface area contributed by atoms with Gasteiger partial charge >= 0.3 is 6.09 Å². The van der Waals surface area contributed by atoms with E-state index < -0.39 is 6.09 Å². The molecule has 2 aliphatic heterocycles. The molecular weight excluding hydrogens is 256 g/mol. The number of hydrogen-bond acceptors (Lipinski definition) is 3. The number of rotatable bonds is 2. The molecule has 20 heavy (non-hydrogen) atoms. The molecular formula is C15H20N2O3. The lowest BCUT2D eigenvalue weighted by Gasteiger charge is -2.33. The molecule has 0 spiro atoms. The highest BCUT2D eigenvalue weighted by atomic mass is 16.5. The highest BCUT2D eigenvalue weighted by Crippen LogP contribution is 2.29. The van der Waals surface area contributed by atoms with Crippen molar-refractivity contribution < 1.29 is 14.6 Å². The van der Waals surface area contributed by atoms with Crippen molar-refractivity contribution in [2.75, 3.05) is 25.1 Å². The first-order valence-electron chi connectivity index (χ1n) is 7.05. The van der Waals surface area contributed by atoms with Crippen LogP contribution in [0.25, 0.3) is 0 Å². The SMILES string of the molecule is COC1CCN(c2ccc3c(c2)CN(C(=O)O)C3)CC1. The summed E-state index contributed by atoms with van der Waals surface area (Å²) in [6.45, 7) is 3.02. The van der Waals surface area contributed by atoms with E-state index in [9.17, 15) is 4.79 Å². The molecule has 1 fully saturated rings. The van der Waals surface area contributed by atoms with Gasteiger partial charge in [-0.2, -0.15) is 0 Å². The van der Waals surface area contributed by atoms with Crippen molar-refractivity contribution in [3.05, 3.63) is 29.3 Å². The van der Waals surface area contributed by atoms with Crippen molar-refractivity contribution in [2.24, 2.45) is 0 Å². The van der Waals surface area contributed by atoms with Gasteiger partial charge in [0.1, 0.15) is 0 Å². The second-order valence-corrected chi connectivity index (χ2v) is 5.51. The van der Waals surface area contributed by atoms with Crippen molar-refractivity contribution in [3.8, 4) is 0 Å². The number of amides is 1. The van der Waals surface area contributed by atoms with Crippen LogP contribution in [0.1, 0.15) is 24.0 Å². The Balaban J connectivity index is 1.72. The molecule has 5 nitrogen and oxygen atoms in total. The lowest BCUT2D eigenvalue weighted by molar-refractivity contribution is 0.0819. The van der Waals surface area contributed by atoms with E-state index in [4.69, 9.17) is 9.84 Å². The summed E-state index contributed by atoms with van der Waals surface area (Å²) in [5.74, 6) is 0. The number of ether oxygens (including phenoxy) is 1. The Morgan fingerprint density at radius 1 is 1.25 bits per heavy atom. The molecule has 2 heterocycles. The van der Waals surface area contributed by atoms with Crippen LogP contribution in [-0.2, 0) is 17.8 Å². The molecule has 0 bridgehead atoms. The summed E-state index contributed by atoms with van der Waals surface area (Å²) in [7, 11) is 1.77. The maximum absolute atomic E-state index is 11.0. The fourth-order valence-electron chi connectivity index (χ4n) is 3.06. The predicted molar refractivity (Wildman–Crippen MR) is 76.0 cm³/mol. The summed E-state index contributed by atoms with van der Waals surface area (Å²) in [6, 6.07) is 6.32. The van der Waals surface area contributed by atoms with Gasteiger partial charge in [-0.15, -0.1) is 0 Å². The van der Waals surface area contributed by atoms with Gasteiger partial charge in [0, 0.05) is 39.0 Å². The van der Waals surface area contributed by atoms with Crippen LogP contribution in [0.3, 0.4) is 0 Å². The zero-order valence-corrected chi connectivity index (χ0v) is 11.7. The average Bonchev–Trinajstić information content (AvgIpc) is 2.90. The topological polar surface area (TPSA) is 53.0 Å². The second-order valence-electron chi connectivity index (χ2n) is 5.51. The molecule has 1 amide bonds. The van der Waals surface area contributed by atoms with Gasteiger partial charge in [-0.05, 0) is 36.1 Å². The molecule has 2 aliphatic rings. The first-order valence-corrected chi connectivity index (χ1v) is 7.05. The van der Waals surface area contributed by atoms with Crippen molar-refractivity contribution in [1.82, 2.24) is 4.90 Å². The zero-order valence-electron chi connectivity index (χ0n) is 11.7. The van der Waals surface area contributed by atoms with Crippen molar-refractivity contribution in [1.29, 1.82) is 0 Å². The summed E-state index contributed by atoms with van der Waals surface area (Å²) < 4.78 is 5.39. The standard InChI is InChI=1S/C15H20N2O3/c1-20-14-4-6-16(7-5-14)13-3-2-11-9-17(15(18)19)10-12(11)8-13/h2-3,8,14H,4-7,9-10H2,1H3,(H,18,19). The van der Waals surface area contributed by atoms with Crippen LogP contribution in [0.5, 0.6) is 0 Å². The van der Waals surface area contributed by atoms with E-state index in [0.29, 0.717) is 19.2 Å². The highest BCUT2D eigenvalue weighted by Gasteiger charge is 2.24. The molecule has 0 radical (unpaired) electrons. The first-order chi connectivity index (χ1) is 9.67. The third kappa shape index (κ3) is 2.45. The number of fused-ring (bicyclic) bond motifs is 1. The van der Waals surface area contributed by atoms with Crippen molar-refractivity contribution in [2.45, 2.75) is 32.0 Å². The minimum Gasteiger partial charge on any atom is -0.465 e. The minimum absolute atomic E-state index is 0.378. The molecule has 1 N–H and O–H groups in total. The third-order valence-corrected chi connectivity index (χ3v) is 4.32. The van der Waals surface area contributed by atoms with E-state index in [1.54, 1.807) is 7.11 Å². The van der Waals surface area contributed by atoms with Gasteiger partial charge in [-0.1, -0.05) is 6.07 Å². The number of nitrogens with zero attached hydrogens (tertiary/aromatic N) is 2. The second kappa shape index (κ2) is 5.32. The van der Waals surface area contributed by atoms with Gasteiger partial charge in [-0.25, -0.2) is 4.79 Å². The third-order valence-electron chi connectivity index (χ3n) is 4.32. The number of piperidine rings is 1. The van der Waals surface area contributed by atoms with Crippen molar-refractivity contribution in [3.63, 3.8) is 0 Å². The normalized spacial score (nSPS) is 19.2. The van der Waals surface area contributed by atoms with E-state index in [0.717, 1.165) is 37.1 Å².